The molecule has 2 rings (SSSR count). The molecular weight excluding hydrogens is 262 g/mol. The Bertz CT molecular complexity index is 548. The van der Waals surface area contributed by atoms with Gasteiger partial charge in [-0.1, -0.05) is 37.6 Å². The molecule has 1 atom stereocenters. The van der Waals surface area contributed by atoms with Gasteiger partial charge in [0.15, 0.2) is 0 Å². The first-order valence-electron chi connectivity index (χ1n) is 7.47. The van der Waals surface area contributed by atoms with E-state index in [1.807, 2.05) is 25.1 Å². The number of phenolic OH excluding ortho intramolecular Hbond substituents is 2. The second kappa shape index (κ2) is 7.02. The van der Waals surface area contributed by atoms with Crippen molar-refractivity contribution in [2.24, 2.45) is 0 Å². The monoisotopic (exact) mass is 285 g/mol. The Balaban J connectivity index is 2.36. The van der Waals surface area contributed by atoms with Crippen LogP contribution in [0.15, 0.2) is 48.5 Å². The van der Waals surface area contributed by atoms with Gasteiger partial charge in [0.05, 0.1) is 11.6 Å². The molecule has 2 aromatic rings. The lowest BCUT2D eigenvalue weighted by molar-refractivity contribution is 0.427. The van der Waals surface area contributed by atoms with E-state index in [2.05, 4.69) is 24.0 Å². The van der Waals surface area contributed by atoms with Crippen molar-refractivity contribution in [1.82, 2.24) is 0 Å². The second-order valence-electron chi connectivity index (χ2n) is 5.27. The molecule has 2 N–H and O–H groups in total. The van der Waals surface area contributed by atoms with Crippen LogP contribution in [0.2, 0.25) is 0 Å². The van der Waals surface area contributed by atoms with Crippen molar-refractivity contribution in [3.05, 3.63) is 54.1 Å². The Kier molecular flexibility index (Phi) is 5.09. The van der Waals surface area contributed by atoms with Gasteiger partial charge in [-0.3, -0.25) is 0 Å². The summed E-state index contributed by atoms with van der Waals surface area (Å²) < 4.78 is 0. The van der Waals surface area contributed by atoms with Gasteiger partial charge in [0.2, 0.25) is 0 Å². The minimum Gasteiger partial charge on any atom is -0.507 e. The Hall–Kier alpha value is -2.16. The number of phenols is 2. The molecule has 0 heterocycles. The summed E-state index contributed by atoms with van der Waals surface area (Å²) in [5, 5.41) is 20.2. The van der Waals surface area contributed by atoms with Gasteiger partial charge in [0.1, 0.15) is 11.5 Å². The summed E-state index contributed by atoms with van der Waals surface area (Å²) in [6.45, 7) is 5.05. The summed E-state index contributed by atoms with van der Waals surface area (Å²) in [7, 11) is 0. The largest absolute Gasteiger partial charge is 0.507 e. The van der Waals surface area contributed by atoms with Crippen molar-refractivity contribution >= 4 is 5.69 Å². The molecule has 0 saturated carbocycles. The van der Waals surface area contributed by atoms with E-state index in [1.54, 1.807) is 18.2 Å². The lowest BCUT2D eigenvalue weighted by Crippen LogP contribution is -2.28. The van der Waals surface area contributed by atoms with E-state index in [0.717, 1.165) is 25.1 Å². The van der Waals surface area contributed by atoms with Gasteiger partial charge in [-0.25, -0.2) is 0 Å². The third-order valence-corrected chi connectivity index (χ3v) is 3.79. The fourth-order valence-corrected chi connectivity index (χ4v) is 2.62. The van der Waals surface area contributed by atoms with Gasteiger partial charge < -0.3 is 15.1 Å². The molecule has 0 aromatic heterocycles. The van der Waals surface area contributed by atoms with Gasteiger partial charge in [0.25, 0.3) is 0 Å². The zero-order valence-corrected chi connectivity index (χ0v) is 12.7. The molecule has 0 amide bonds. The maximum absolute atomic E-state index is 10.1. The lowest BCUT2D eigenvalue weighted by Gasteiger charge is -2.32. The van der Waals surface area contributed by atoms with Crippen LogP contribution in [0.25, 0.3) is 0 Å². The van der Waals surface area contributed by atoms with Gasteiger partial charge in [-0.05, 0) is 37.6 Å². The highest BCUT2D eigenvalue weighted by molar-refractivity contribution is 5.53. The number of anilines is 1. The van der Waals surface area contributed by atoms with Gasteiger partial charge in [-0.2, -0.15) is 0 Å². The van der Waals surface area contributed by atoms with E-state index in [4.69, 9.17) is 0 Å². The quantitative estimate of drug-likeness (QED) is 0.823. The molecule has 0 aliphatic carbocycles. The summed E-state index contributed by atoms with van der Waals surface area (Å²) in [5.74, 6) is 0.278. The van der Waals surface area contributed by atoms with Crippen molar-refractivity contribution < 1.29 is 10.2 Å². The van der Waals surface area contributed by atoms with Crippen molar-refractivity contribution in [3.8, 4) is 11.5 Å². The minimum atomic E-state index is -0.0971. The number of hydrogen-bond acceptors (Lipinski definition) is 3. The average molecular weight is 285 g/mol. The van der Waals surface area contributed by atoms with Gasteiger partial charge in [0, 0.05) is 12.2 Å². The Morgan fingerprint density at radius 3 is 2.14 bits per heavy atom. The normalized spacial score (nSPS) is 12.1. The zero-order chi connectivity index (χ0) is 15.2. The highest BCUT2D eigenvalue weighted by atomic mass is 16.3. The molecular formula is C18H23NO2. The van der Waals surface area contributed by atoms with Crippen LogP contribution in [0.1, 0.15) is 38.3 Å². The molecule has 112 valence electrons. The number of para-hydroxylation sites is 1. The molecule has 0 aliphatic rings. The molecule has 2 aromatic carbocycles. The van der Waals surface area contributed by atoms with E-state index in [0.29, 0.717) is 5.56 Å². The van der Waals surface area contributed by atoms with Crippen LogP contribution in [0.5, 0.6) is 11.5 Å². The number of nitrogens with zero attached hydrogens (tertiary/aromatic N) is 1. The molecule has 3 heteroatoms. The van der Waals surface area contributed by atoms with E-state index in [-0.39, 0.29) is 17.5 Å². The Labute approximate surface area is 126 Å². The van der Waals surface area contributed by atoms with Crippen LogP contribution in [-0.2, 0) is 0 Å². The molecule has 0 saturated heterocycles. The van der Waals surface area contributed by atoms with Crippen molar-refractivity contribution in [2.45, 2.75) is 32.7 Å². The first-order chi connectivity index (χ1) is 10.1. The Morgan fingerprint density at radius 1 is 0.952 bits per heavy atom. The molecule has 3 nitrogen and oxygen atoms in total. The molecule has 0 spiro atoms. The SMILES string of the molecule is CCCCN(c1ccccc1)C(C)c1c(O)cccc1O. The molecule has 1 unspecified atom stereocenters. The zero-order valence-electron chi connectivity index (χ0n) is 12.7. The number of aromatic hydroxyl groups is 2. The highest BCUT2D eigenvalue weighted by Crippen LogP contribution is 2.37. The van der Waals surface area contributed by atoms with Crippen LogP contribution in [0.4, 0.5) is 5.69 Å². The third-order valence-electron chi connectivity index (χ3n) is 3.79. The van der Waals surface area contributed by atoms with E-state index in [1.165, 1.54) is 0 Å². The summed E-state index contributed by atoms with van der Waals surface area (Å²) >= 11 is 0. The predicted molar refractivity (Wildman–Crippen MR) is 86.9 cm³/mol. The third kappa shape index (κ3) is 3.48. The molecule has 0 aliphatic heterocycles. The predicted octanol–water partition coefficient (Wildman–Crippen LogP) is 4.47. The smallest absolute Gasteiger partial charge is 0.124 e. The Morgan fingerprint density at radius 2 is 1.57 bits per heavy atom. The molecule has 0 radical (unpaired) electrons. The first-order valence-corrected chi connectivity index (χ1v) is 7.47. The van der Waals surface area contributed by atoms with Crippen molar-refractivity contribution in [2.75, 3.05) is 11.4 Å². The minimum absolute atomic E-state index is 0.0971. The van der Waals surface area contributed by atoms with Gasteiger partial charge in [-0.15, -0.1) is 0 Å². The fraction of sp³-hybridized carbons (Fsp3) is 0.333. The summed E-state index contributed by atoms with van der Waals surface area (Å²) in [4.78, 5) is 2.22. The second-order valence-corrected chi connectivity index (χ2v) is 5.27. The van der Waals surface area contributed by atoms with E-state index < -0.39 is 0 Å². The summed E-state index contributed by atoms with van der Waals surface area (Å²) in [6, 6.07) is 14.9. The van der Waals surface area contributed by atoms with E-state index >= 15 is 0 Å². The number of hydrogen-bond donors (Lipinski definition) is 2. The van der Waals surface area contributed by atoms with Crippen molar-refractivity contribution in [3.63, 3.8) is 0 Å². The number of unbranched alkanes of at least 4 members (excludes halogenated alkanes) is 1. The number of rotatable bonds is 6. The number of benzene rings is 2. The molecule has 0 fully saturated rings. The van der Waals surface area contributed by atoms with Crippen LogP contribution in [-0.4, -0.2) is 16.8 Å². The average Bonchev–Trinajstić information content (AvgIpc) is 2.48. The summed E-state index contributed by atoms with van der Waals surface area (Å²) in [5.41, 5.74) is 1.68. The van der Waals surface area contributed by atoms with Gasteiger partial charge >= 0.3 is 0 Å². The standard InChI is InChI=1S/C18H23NO2/c1-3-4-13-19(15-9-6-5-7-10-15)14(2)18-16(20)11-8-12-17(18)21/h5-12,14,20-21H,3-4,13H2,1-2H3. The lowest BCUT2D eigenvalue weighted by atomic mass is 10.0. The van der Waals surface area contributed by atoms with Crippen LogP contribution in [0, 0.1) is 0 Å². The fourth-order valence-electron chi connectivity index (χ4n) is 2.62. The topological polar surface area (TPSA) is 43.7 Å². The summed E-state index contributed by atoms with van der Waals surface area (Å²) in [6.07, 6.45) is 2.16. The van der Waals surface area contributed by atoms with Crippen molar-refractivity contribution in [1.29, 1.82) is 0 Å². The van der Waals surface area contributed by atoms with E-state index in [9.17, 15) is 10.2 Å². The van der Waals surface area contributed by atoms with Crippen LogP contribution < -0.4 is 4.90 Å². The van der Waals surface area contributed by atoms with Crippen LogP contribution in [0.3, 0.4) is 0 Å². The maximum atomic E-state index is 10.1. The first kappa shape index (κ1) is 15.2. The molecule has 0 bridgehead atoms. The molecule has 21 heavy (non-hydrogen) atoms. The highest BCUT2D eigenvalue weighted by Gasteiger charge is 2.21. The van der Waals surface area contributed by atoms with Crippen LogP contribution >= 0.6 is 0 Å². The maximum Gasteiger partial charge on any atom is 0.124 e.